The maximum Gasteiger partial charge on any atom is 0.325 e. The zero-order chi connectivity index (χ0) is 13.5. The Bertz CT molecular complexity index is 324. The van der Waals surface area contributed by atoms with E-state index in [1.54, 1.807) is 0 Å². The number of rotatable bonds is 6. The predicted octanol–water partition coefficient (Wildman–Crippen LogP) is 0.272. The molecule has 1 saturated carbocycles. The first kappa shape index (κ1) is 14.5. The minimum absolute atomic E-state index is 0.00610. The zero-order valence-electron chi connectivity index (χ0n) is 10.6. The molecule has 0 aromatic rings. The number of hydrogen-bond acceptors (Lipinski definition) is 3. The molecule has 102 valence electrons. The van der Waals surface area contributed by atoms with Gasteiger partial charge in [-0.05, 0) is 19.8 Å². The van der Waals surface area contributed by atoms with Crippen molar-refractivity contribution in [2.45, 2.75) is 45.1 Å². The van der Waals surface area contributed by atoms with Gasteiger partial charge in [-0.2, -0.15) is 0 Å². The van der Waals surface area contributed by atoms with Crippen molar-refractivity contribution >= 4 is 17.8 Å². The van der Waals surface area contributed by atoms with E-state index in [4.69, 9.17) is 5.11 Å². The molecule has 0 aliphatic heterocycles. The molecule has 0 heterocycles. The second-order valence-electron chi connectivity index (χ2n) is 4.65. The van der Waals surface area contributed by atoms with Crippen LogP contribution in [0.2, 0.25) is 0 Å². The first-order chi connectivity index (χ1) is 8.50. The molecule has 6 nitrogen and oxygen atoms in total. The van der Waals surface area contributed by atoms with Gasteiger partial charge in [-0.25, -0.2) is 0 Å². The predicted molar refractivity (Wildman–Crippen MR) is 64.8 cm³/mol. The highest BCUT2D eigenvalue weighted by Crippen LogP contribution is 2.24. The lowest BCUT2D eigenvalue weighted by Gasteiger charge is -2.11. The van der Waals surface area contributed by atoms with Crippen LogP contribution in [-0.4, -0.2) is 35.5 Å². The summed E-state index contributed by atoms with van der Waals surface area (Å²) in [6, 6.07) is -0.900. The summed E-state index contributed by atoms with van der Waals surface area (Å²) in [6.45, 7) is 1.66. The van der Waals surface area contributed by atoms with Gasteiger partial charge in [0.05, 0.1) is 0 Å². The van der Waals surface area contributed by atoms with Crippen LogP contribution in [0.5, 0.6) is 0 Å². The molecule has 0 aromatic carbocycles. The van der Waals surface area contributed by atoms with E-state index in [0.717, 1.165) is 25.7 Å². The number of nitrogens with one attached hydrogen (secondary N) is 2. The molecule has 18 heavy (non-hydrogen) atoms. The van der Waals surface area contributed by atoms with Crippen LogP contribution in [-0.2, 0) is 14.4 Å². The summed E-state index contributed by atoms with van der Waals surface area (Å²) >= 11 is 0. The molecule has 1 atom stereocenters. The van der Waals surface area contributed by atoms with Gasteiger partial charge in [-0.3, -0.25) is 14.4 Å². The van der Waals surface area contributed by atoms with E-state index < -0.39 is 12.0 Å². The van der Waals surface area contributed by atoms with Crippen molar-refractivity contribution in [3.05, 3.63) is 0 Å². The summed E-state index contributed by atoms with van der Waals surface area (Å²) in [7, 11) is 0. The van der Waals surface area contributed by atoms with Crippen LogP contribution in [0.15, 0.2) is 0 Å². The van der Waals surface area contributed by atoms with E-state index >= 15 is 0 Å². The van der Waals surface area contributed by atoms with Crippen molar-refractivity contribution in [2.24, 2.45) is 5.92 Å². The van der Waals surface area contributed by atoms with Crippen LogP contribution >= 0.6 is 0 Å². The van der Waals surface area contributed by atoms with E-state index in [2.05, 4.69) is 10.6 Å². The molecule has 1 aliphatic rings. The van der Waals surface area contributed by atoms with Gasteiger partial charge >= 0.3 is 5.97 Å². The van der Waals surface area contributed by atoms with Crippen LogP contribution in [0.25, 0.3) is 0 Å². The van der Waals surface area contributed by atoms with Crippen molar-refractivity contribution in [3.63, 3.8) is 0 Å². The average molecular weight is 256 g/mol. The highest BCUT2D eigenvalue weighted by Gasteiger charge is 2.22. The number of carbonyl (C=O) groups excluding carboxylic acids is 2. The third kappa shape index (κ3) is 4.73. The molecule has 2 amide bonds. The Morgan fingerprint density at radius 3 is 2.44 bits per heavy atom. The number of carbonyl (C=O) groups is 3. The molecule has 0 aromatic heterocycles. The molecule has 0 bridgehead atoms. The first-order valence-corrected chi connectivity index (χ1v) is 6.30. The van der Waals surface area contributed by atoms with Crippen molar-refractivity contribution < 1.29 is 19.5 Å². The number of carboxylic acid groups (broad SMARTS) is 1. The lowest BCUT2D eigenvalue weighted by atomic mass is 10.1. The minimum atomic E-state index is -1.07. The molecule has 1 rings (SSSR count). The van der Waals surface area contributed by atoms with Gasteiger partial charge in [0.2, 0.25) is 11.8 Å². The maximum absolute atomic E-state index is 11.6. The van der Waals surface area contributed by atoms with Gasteiger partial charge < -0.3 is 15.7 Å². The molecule has 1 aliphatic carbocycles. The maximum atomic E-state index is 11.6. The summed E-state index contributed by atoms with van der Waals surface area (Å²) in [4.78, 5) is 33.5. The van der Waals surface area contributed by atoms with E-state index in [-0.39, 0.29) is 30.7 Å². The molecule has 0 unspecified atom stereocenters. The second-order valence-corrected chi connectivity index (χ2v) is 4.65. The lowest BCUT2D eigenvalue weighted by Crippen LogP contribution is -2.40. The fraction of sp³-hybridized carbons (Fsp3) is 0.750. The molecule has 0 radical (unpaired) electrons. The standard InChI is InChI=1S/C12H20N2O4/c1-8(12(17)18)14-10(15)6-7-13-11(16)9-4-2-3-5-9/h8-9H,2-7H2,1H3,(H,13,16)(H,14,15)(H,17,18)/t8-/m0/s1. The van der Waals surface area contributed by atoms with Crippen molar-refractivity contribution in [1.29, 1.82) is 0 Å². The Balaban J connectivity index is 2.15. The monoisotopic (exact) mass is 256 g/mol. The van der Waals surface area contributed by atoms with Gasteiger partial charge in [0, 0.05) is 18.9 Å². The summed E-state index contributed by atoms with van der Waals surface area (Å²) in [5, 5.41) is 13.6. The molecule has 1 fully saturated rings. The summed E-state index contributed by atoms with van der Waals surface area (Å²) in [5.74, 6) is -1.34. The summed E-state index contributed by atoms with van der Waals surface area (Å²) in [5.41, 5.74) is 0. The Morgan fingerprint density at radius 2 is 1.89 bits per heavy atom. The number of carboxylic acids is 1. The van der Waals surface area contributed by atoms with Crippen LogP contribution in [0.4, 0.5) is 0 Å². The van der Waals surface area contributed by atoms with Crippen molar-refractivity contribution in [2.75, 3.05) is 6.54 Å². The minimum Gasteiger partial charge on any atom is -0.480 e. The van der Waals surface area contributed by atoms with Crippen LogP contribution in [0, 0.1) is 5.92 Å². The topological polar surface area (TPSA) is 95.5 Å². The number of hydrogen-bond donors (Lipinski definition) is 3. The molecular formula is C12H20N2O4. The van der Waals surface area contributed by atoms with Crippen molar-refractivity contribution in [3.8, 4) is 0 Å². The van der Waals surface area contributed by atoms with Gasteiger partial charge in [0.15, 0.2) is 0 Å². The summed E-state index contributed by atoms with van der Waals surface area (Å²) < 4.78 is 0. The SMILES string of the molecule is C[C@H](NC(=O)CCNC(=O)C1CCCC1)C(=O)O. The molecule has 3 N–H and O–H groups in total. The fourth-order valence-electron chi connectivity index (χ4n) is 2.01. The second kappa shape index (κ2) is 6.98. The van der Waals surface area contributed by atoms with E-state index in [1.807, 2.05) is 0 Å². The van der Waals surface area contributed by atoms with Gasteiger partial charge in [-0.15, -0.1) is 0 Å². The fourth-order valence-corrected chi connectivity index (χ4v) is 2.01. The van der Waals surface area contributed by atoms with Gasteiger partial charge in [0.1, 0.15) is 6.04 Å². The molecule has 0 saturated heterocycles. The zero-order valence-corrected chi connectivity index (χ0v) is 10.6. The van der Waals surface area contributed by atoms with Crippen LogP contribution in [0.3, 0.4) is 0 Å². The van der Waals surface area contributed by atoms with Gasteiger partial charge in [-0.1, -0.05) is 12.8 Å². The van der Waals surface area contributed by atoms with E-state index in [9.17, 15) is 14.4 Å². The normalized spacial score (nSPS) is 17.2. The largest absolute Gasteiger partial charge is 0.480 e. The van der Waals surface area contributed by atoms with Crippen molar-refractivity contribution in [1.82, 2.24) is 10.6 Å². The van der Waals surface area contributed by atoms with E-state index in [1.165, 1.54) is 6.92 Å². The Morgan fingerprint density at radius 1 is 1.28 bits per heavy atom. The summed E-state index contributed by atoms with van der Waals surface area (Å²) in [6.07, 6.45) is 4.14. The highest BCUT2D eigenvalue weighted by molar-refractivity contribution is 5.84. The third-order valence-electron chi connectivity index (χ3n) is 3.13. The first-order valence-electron chi connectivity index (χ1n) is 6.30. The van der Waals surface area contributed by atoms with Crippen LogP contribution < -0.4 is 10.6 Å². The average Bonchev–Trinajstić information content (AvgIpc) is 2.81. The smallest absolute Gasteiger partial charge is 0.325 e. The molecular weight excluding hydrogens is 236 g/mol. The lowest BCUT2D eigenvalue weighted by molar-refractivity contribution is -0.141. The van der Waals surface area contributed by atoms with E-state index in [0.29, 0.717) is 0 Å². The van der Waals surface area contributed by atoms with Gasteiger partial charge in [0.25, 0.3) is 0 Å². The Labute approximate surface area is 106 Å². The van der Waals surface area contributed by atoms with Crippen LogP contribution in [0.1, 0.15) is 39.0 Å². The Hall–Kier alpha value is -1.59. The molecule has 0 spiro atoms. The third-order valence-corrected chi connectivity index (χ3v) is 3.13. The number of amides is 2. The quantitative estimate of drug-likeness (QED) is 0.635. The Kier molecular flexibility index (Phi) is 5.61. The highest BCUT2D eigenvalue weighted by atomic mass is 16.4. The molecule has 6 heteroatoms. The number of aliphatic carboxylic acids is 1.